The number of alkyl halides is 3. The fraction of sp³-hybridized carbons (Fsp3) is 0.296. The lowest BCUT2D eigenvalue weighted by molar-refractivity contribution is -0.146. The largest absolute Gasteiger partial charge is 0.456 e. The molecule has 39 heavy (non-hydrogen) atoms. The highest BCUT2D eigenvalue weighted by Gasteiger charge is 2.36. The van der Waals surface area contributed by atoms with Crippen molar-refractivity contribution >= 4 is 23.6 Å². The first kappa shape index (κ1) is 27.6. The van der Waals surface area contributed by atoms with E-state index in [0.29, 0.717) is 18.9 Å². The summed E-state index contributed by atoms with van der Waals surface area (Å²) < 4.78 is 45.3. The van der Waals surface area contributed by atoms with Crippen molar-refractivity contribution in [2.75, 3.05) is 37.6 Å². The van der Waals surface area contributed by atoms with Gasteiger partial charge in [-0.15, -0.1) is 10.2 Å². The van der Waals surface area contributed by atoms with Gasteiger partial charge in [-0.25, -0.2) is 0 Å². The van der Waals surface area contributed by atoms with Gasteiger partial charge < -0.3 is 19.9 Å². The Kier molecular flexibility index (Phi) is 8.43. The molecule has 4 rings (SSSR count). The molecular formula is C27H26F3N5O4. The van der Waals surface area contributed by atoms with Gasteiger partial charge in [0.05, 0.1) is 17.7 Å². The number of rotatable bonds is 7. The highest BCUT2D eigenvalue weighted by atomic mass is 19.4. The third kappa shape index (κ3) is 6.89. The molecule has 3 aromatic rings. The standard InChI is InChI=1S/C27H26F3N5O4/c1-18(36)39-23(19-7-3-2-4-8-19)17-31-25(37)22-11-12-24(33-32-22)34-13-15-35(16-14-34)26(38)20-9-5-6-10-21(20)27(28,29)30/h2-12,23H,13-17H2,1H3,(H,31,37). The number of benzene rings is 2. The molecule has 204 valence electrons. The molecule has 1 unspecified atom stereocenters. The number of halogens is 3. The zero-order valence-corrected chi connectivity index (χ0v) is 21.0. The Morgan fingerprint density at radius 1 is 0.923 bits per heavy atom. The van der Waals surface area contributed by atoms with E-state index in [1.165, 1.54) is 36.1 Å². The molecule has 0 bridgehead atoms. The first-order valence-electron chi connectivity index (χ1n) is 12.2. The summed E-state index contributed by atoms with van der Waals surface area (Å²) in [4.78, 5) is 40.1. The van der Waals surface area contributed by atoms with Gasteiger partial charge in [0.1, 0.15) is 6.10 Å². The van der Waals surface area contributed by atoms with Crippen molar-refractivity contribution in [3.8, 4) is 0 Å². The normalized spacial score (nSPS) is 14.5. The van der Waals surface area contributed by atoms with Gasteiger partial charge in [0.15, 0.2) is 11.5 Å². The van der Waals surface area contributed by atoms with Crippen LogP contribution in [0.3, 0.4) is 0 Å². The number of aromatic nitrogens is 2. The third-order valence-electron chi connectivity index (χ3n) is 6.16. The maximum absolute atomic E-state index is 13.3. The molecule has 0 radical (unpaired) electrons. The predicted octanol–water partition coefficient (Wildman–Crippen LogP) is 3.49. The molecule has 1 atom stereocenters. The van der Waals surface area contributed by atoms with Crippen molar-refractivity contribution < 1.29 is 32.3 Å². The Hall–Kier alpha value is -4.48. The molecule has 2 aromatic carbocycles. The summed E-state index contributed by atoms with van der Waals surface area (Å²) in [5.74, 6) is -1.19. The molecule has 1 fully saturated rings. The van der Waals surface area contributed by atoms with Crippen LogP contribution < -0.4 is 10.2 Å². The molecular weight excluding hydrogens is 515 g/mol. The van der Waals surface area contributed by atoms with Gasteiger partial charge in [-0.1, -0.05) is 42.5 Å². The SMILES string of the molecule is CC(=O)OC(CNC(=O)c1ccc(N2CCN(C(=O)c3ccccc3C(F)(F)F)CC2)nn1)c1ccccc1. The molecule has 1 aliphatic rings. The minimum Gasteiger partial charge on any atom is -0.456 e. The lowest BCUT2D eigenvalue weighted by atomic mass is 10.1. The lowest BCUT2D eigenvalue weighted by Crippen LogP contribution is -2.49. The molecule has 1 N–H and O–H groups in total. The molecule has 1 aromatic heterocycles. The number of amides is 2. The lowest BCUT2D eigenvalue weighted by Gasteiger charge is -2.35. The fourth-order valence-electron chi connectivity index (χ4n) is 4.21. The van der Waals surface area contributed by atoms with Crippen molar-refractivity contribution in [1.29, 1.82) is 0 Å². The van der Waals surface area contributed by atoms with E-state index in [1.54, 1.807) is 30.3 Å². The van der Waals surface area contributed by atoms with Crippen LogP contribution in [0.25, 0.3) is 0 Å². The number of carbonyl (C=O) groups is 3. The number of anilines is 1. The quantitative estimate of drug-likeness (QED) is 0.457. The number of esters is 1. The Balaban J connectivity index is 1.33. The zero-order chi connectivity index (χ0) is 28.0. The van der Waals surface area contributed by atoms with E-state index in [-0.39, 0.29) is 30.9 Å². The minimum atomic E-state index is -4.62. The van der Waals surface area contributed by atoms with Crippen molar-refractivity contribution in [3.63, 3.8) is 0 Å². The van der Waals surface area contributed by atoms with E-state index in [2.05, 4.69) is 15.5 Å². The second-order valence-corrected chi connectivity index (χ2v) is 8.82. The number of hydrogen-bond acceptors (Lipinski definition) is 7. The van der Waals surface area contributed by atoms with Gasteiger partial charge in [-0.05, 0) is 29.8 Å². The smallest absolute Gasteiger partial charge is 0.417 e. The van der Waals surface area contributed by atoms with E-state index >= 15 is 0 Å². The minimum absolute atomic E-state index is 0.0410. The molecule has 1 aliphatic heterocycles. The number of ether oxygens (including phenoxy) is 1. The number of piperazine rings is 1. The summed E-state index contributed by atoms with van der Waals surface area (Å²) >= 11 is 0. The highest BCUT2D eigenvalue weighted by molar-refractivity contribution is 5.96. The first-order chi connectivity index (χ1) is 18.6. The summed E-state index contributed by atoms with van der Waals surface area (Å²) in [5, 5.41) is 10.8. The third-order valence-corrected chi connectivity index (χ3v) is 6.16. The molecule has 12 heteroatoms. The summed E-state index contributed by atoms with van der Waals surface area (Å²) in [5.41, 5.74) is -0.545. The number of hydrogen-bond donors (Lipinski definition) is 1. The first-order valence-corrected chi connectivity index (χ1v) is 12.2. The van der Waals surface area contributed by atoms with Crippen molar-refractivity contribution in [2.45, 2.75) is 19.2 Å². The van der Waals surface area contributed by atoms with E-state index in [1.807, 2.05) is 11.0 Å². The van der Waals surface area contributed by atoms with Crippen LogP contribution in [0, 0.1) is 0 Å². The van der Waals surface area contributed by atoms with Crippen molar-refractivity contribution in [3.05, 3.63) is 89.1 Å². The average Bonchev–Trinajstić information content (AvgIpc) is 2.94. The van der Waals surface area contributed by atoms with E-state index in [4.69, 9.17) is 4.74 Å². The monoisotopic (exact) mass is 541 g/mol. The van der Waals surface area contributed by atoms with Gasteiger partial charge in [0, 0.05) is 33.1 Å². The van der Waals surface area contributed by atoms with E-state index < -0.39 is 35.6 Å². The molecule has 2 amide bonds. The molecule has 0 aliphatic carbocycles. The van der Waals surface area contributed by atoms with Crippen LogP contribution in [-0.4, -0.2) is 65.6 Å². The van der Waals surface area contributed by atoms with E-state index in [9.17, 15) is 27.6 Å². The molecule has 2 heterocycles. The second kappa shape index (κ2) is 11.9. The second-order valence-electron chi connectivity index (χ2n) is 8.82. The Morgan fingerprint density at radius 3 is 2.21 bits per heavy atom. The maximum atomic E-state index is 13.3. The van der Waals surface area contributed by atoms with E-state index in [0.717, 1.165) is 11.6 Å². The number of nitrogens with zero attached hydrogens (tertiary/aromatic N) is 4. The zero-order valence-electron chi connectivity index (χ0n) is 21.0. The average molecular weight is 542 g/mol. The molecule has 0 spiro atoms. The van der Waals surface area contributed by atoms with Gasteiger partial charge in [0.25, 0.3) is 11.8 Å². The topological polar surface area (TPSA) is 105 Å². The molecule has 0 saturated carbocycles. The number of nitrogens with one attached hydrogen (secondary N) is 1. The maximum Gasteiger partial charge on any atom is 0.417 e. The van der Waals surface area contributed by atoms with Crippen LogP contribution in [0.15, 0.2) is 66.7 Å². The summed E-state index contributed by atoms with van der Waals surface area (Å²) in [6.45, 7) is 2.40. The van der Waals surface area contributed by atoms with Gasteiger partial charge >= 0.3 is 12.1 Å². The van der Waals surface area contributed by atoms with Crippen molar-refractivity contribution in [2.24, 2.45) is 0 Å². The van der Waals surface area contributed by atoms with Gasteiger partial charge in [-0.3, -0.25) is 14.4 Å². The van der Waals surface area contributed by atoms with Crippen LogP contribution in [-0.2, 0) is 15.7 Å². The Labute approximate surface area is 222 Å². The van der Waals surface area contributed by atoms with Crippen molar-refractivity contribution in [1.82, 2.24) is 20.4 Å². The molecule has 9 nitrogen and oxygen atoms in total. The van der Waals surface area contributed by atoms with Crippen LogP contribution >= 0.6 is 0 Å². The van der Waals surface area contributed by atoms with Crippen LogP contribution in [0.2, 0.25) is 0 Å². The Morgan fingerprint density at radius 2 is 1.59 bits per heavy atom. The van der Waals surface area contributed by atoms with Crippen LogP contribution in [0.4, 0.5) is 19.0 Å². The van der Waals surface area contributed by atoms with Gasteiger partial charge in [0.2, 0.25) is 0 Å². The van der Waals surface area contributed by atoms with Crippen LogP contribution in [0.1, 0.15) is 45.0 Å². The molecule has 1 saturated heterocycles. The fourth-order valence-corrected chi connectivity index (χ4v) is 4.21. The summed E-state index contributed by atoms with van der Waals surface area (Å²) in [6, 6.07) is 16.9. The summed E-state index contributed by atoms with van der Waals surface area (Å²) in [6.07, 6.45) is -5.29. The van der Waals surface area contributed by atoms with Gasteiger partial charge in [-0.2, -0.15) is 13.2 Å². The van der Waals surface area contributed by atoms with Crippen LogP contribution in [0.5, 0.6) is 0 Å². The number of carbonyl (C=O) groups excluding carboxylic acids is 3. The highest BCUT2D eigenvalue weighted by Crippen LogP contribution is 2.32. The Bertz CT molecular complexity index is 1310. The summed E-state index contributed by atoms with van der Waals surface area (Å²) in [7, 11) is 0. The predicted molar refractivity (Wildman–Crippen MR) is 135 cm³/mol.